The number of halogens is 3. The van der Waals surface area contributed by atoms with Crippen molar-refractivity contribution < 1.29 is 23.1 Å². The van der Waals surface area contributed by atoms with Crippen molar-refractivity contribution in [2.45, 2.75) is 12.6 Å². The third kappa shape index (κ3) is 5.03. The normalized spacial score (nSPS) is 11.4. The fourth-order valence-corrected chi connectivity index (χ4v) is 2.63. The van der Waals surface area contributed by atoms with Gasteiger partial charge < -0.3 is 21.1 Å². The highest BCUT2D eigenvalue weighted by Crippen LogP contribution is 2.34. The first-order valence-electron chi connectivity index (χ1n) is 8.58. The molecule has 0 bridgehead atoms. The molecule has 0 unspecified atom stereocenters. The molecule has 154 valence electrons. The van der Waals surface area contributed by atoms with Gasteiger partial charge in [-0.2, -0.15) is 23.3 Å². The predicted molar refractivity (Wildman–Crippen MR) is 100 cm³/mol. The number of aromatic nitrogens is 4. The Morgan fingerprint density at radius 3 is 2.76 bits per heavy atom. The molecule has 0 saturated heterocycles. The lowest BCUT2D eigenvalue weighted by Crippen LogP contribution is -2.24. The van der Waals surface area contributed by atoms with Crippen molar-refractivity contribution in [2.75, 3.05) is 23.7 Å². The molecule has 2 aromatic heterocycles. The molecule has 29 heavy (non-hydrogen) atoms. The van der Waals surface area contributed by atoms with Crippen LogP contribution in [0.4, 0.5) is 35.4 Å². The van der Waals surface area contributed by atoms with Gasteiger partial charge >= 0.3 is 12.3 Å². The number of aryl methyl sites for hydroxylation is 1. The van der Waals surface area contributed by atoms with Gasteiger partial charge in [-0.05, 0) is 24.6 Å². The van der Waals surface area contributed by atoms with Crippen LogP contribution in [0.5, 0.6) is 0 Å². The van der Waals surface area contributed by atoms with E-state index < -0.39 is 17.8 Å². The van der Waals surface area contributed by atoms with Gasteiger partial charge in [0.05, 0.1) is 11.7 Å². The Bertz CT molecular complexity index is 1020. The van der Waals surface area contributed by atoms with E-state index in [1.165, 1.54) is 0 Å². The van der Waals surface area contributed by atoms with E-state index in [1.54, 1.807) is 30.1 Å². The van der Waals surface area contributed by atoms with E-state index in [0.29, 0.717) is 11.9 Å². The number of rotatable bonds is 7. The zero-order valence-electron chi connectivity index (χ0n) is 15.3. The van der Waals surface area contributed by atoms with E-state index in [1.807, 2.05) is 6.07 Å². The summed E-state index contributed by atoms with van der Waals surface area (Å²) in [6, 6.07) is 5.35. The van der Waals surface area contributed by atoms with Gasteiger partial charge in [-0.25, -0.2) is 9.78 Å². The largest absolute Gasteiger partial charge is 0.465 e. The number of hydrogen-bond donors (Lipinski definition) is 4. The number of nitrogens with one attached hydrogen (secondary N) is 3. The predicted octanol–water partition coefficient (Wildman–Crippen LogP) is 3.20. The fraction of sp³-hybridized carbons (Fsp3) is 0.294. The summed E-state index contributed by atoms with van der Waals surface area (Å²) in [5, 5.41) is 21.2. The van der Waals surface area contributed by atoms with Gasteiger partial charge in [0.15, 0.2) is 0 Å². The van der Waals surface area contributed by atoms with Crippen LogP contribution in [0.2, 0.25) is 0 Å². The maximum absolute atomic E-state index is 13.2. The first kappa shape index (κ1) is 20.2. The lowest BCUT2D eigenvalue weighted by Gasteiger charge is -2.15. The van der Waals surface area contributed by atoms with Crippen molar-refractivity contribution in [2.24, 2.45) is 7.05 Å². The quantitative estimate of drug-likeness (QED) is 0.443. The molecule has 12 heteroatoms. The molecule has 3 aromatic rings. The van der Waals surface area contributed by atoms with Crippen LogP contribution in [0.15, 0.2) is 30.6 Å². The summed E-state index contributed by atoms with van der Waals surface area (Å²) in [7, 11) is 1.78. The van der Waals surface area contributed by atoms with E-state index in [2.05, 4.69) is 31.0 Å². The minimum absolute atomic E-state index is 0.00863. The van der Waals surface area contributed by atoms with Crippen LogP contribution < -0.4 is 16.0 Å². The highest BCUT2D eigenvalue weighted by molar-refractivity contribution is 5.83. The van der Waals surface area contributed by atoms with Gasteiger partial charge in [0.1, 0.15) is 11.4 Å². The highest BCUT2D eigenvalue weighted by atomic mass is 19.4. The third-order valence-electron chi connectivity index (χ3n) is 4.02. The highest BCUT2D eigenvalue weighted by Gasteiger charge is 2.35. The number of carboxylic acid groups (broad SMARTS) is 1. The summed E-state index contributed by atoms with van der Waals surface area (Å²) in [4.78, 5) is 18.1. The Kier molecular flexibility index (Phi) is 5.71. The Balaban J connectivity index is 1.77. The van der Waals surface area contributed by atoms with Gasteiger partial charge in [0.25, 0.3) is 0 Å². The minimum atomic E-state index is -4.63. The monoisotopic (exact) mass is 409 g/mol. The maximum Gasteiger partial charge on any atom is 0.421 e. The molecule has 1 amide bonds. The van der Waals surface area contributed by atoms with E-state index in [0.717, 1.165) is 10.9 Å². The lowest BCUT2D eigenvalue weighted by atomic mass is 10.2. The molecule has 9 nitrogen and oxygen atoms in total. The number of fused-ring (bicyclic) bond motifs is 1. The van der Waals surface area contributed by atoms with Crippen molar-refractivity contribution in [1.82, 2.24) is 25.1 Å². The second-order valence-electron chi connectivity index (χ2n) is 6.13. The van der Waals surface area contributed by atoms with Crippen LogP contribution in [-0.2, 0) is 13.2 Å². The molecule has 1 aromatic carbocycles. The van der Waals surface area contributed by atoms with E-state index in [9.17, 15) is 18.0 Å². The van der Waals surface area contributed by atoms with Crippen molar-refractivity contribution in [1.29, 1.82) is 0 Å². The number of hydrogen-bond acceptors (Lipinski definition) is 6. The molecule has 0 fully saturated rings. The molecule has 0 aliphatic carbocycles. The van der Waals surface area contributed by atoms with Crippen LogP contribution in [0.1, 0.15) is 12.0 Å². The maximum atomic E-state index is 13.2. The fourth-order valence-electron chi connectivity index (χ4n) is 2.63. The Labute approximate surface area is 163 Å². The first-order valence-corrected chi connectivity index (χ1v) is 8.58. The number of nitrogens with zero attached hydrogens (tertiary/aromatic N) is 4. The first-order chi connectivity index (χ1) is 13.7. The molecule has 4 N–H and O–H groups in total. The number of alkyl halides is 3. The van der Waals surface area contributed by atoms with Gasteiger partial charge in [-0.1, -0.05) is 0 Å². The smallest absolute Gasteiger partial charge is 0.421 e. The van der Waals surface area contributed by atoms with Gasteiger partial charge in [0.2, 0.25) is 5.95 Å². The number of carbonyl (C=O) groups is 1. The zero-order chi connectivity index (χ0) is 21.0. The zero-order valence-corrected chi connectivity index (χ0v) is 15.3. The summed E-state index contributed by atoms with van der Waals surface area (Å²) in [5.74, 6) is -0.391. The van der Waals surface area contributed by atoms with Crippen molar-refractivity contribution in [3.05, 3.63) is 36.2 Å². The van der Waals surface area contributed by atoms with E-state index in [4.69, 9.17) is 5.11 Å². The van der Waals surface area contributed by atoms with E-state index >= 15 is 0 Å². The number of anilines is 3. The average molecular weight is 409 g/mol. The average Bonchev–Trinajstić information content (AvgIpc) is 3.01. The molecule has 0 spiro atoms. The van der Waals surface area contributed by atoms with Crippen LogP contribution in [0.3, 0.4) is 0 Å². The number of amides is 1. The molecule has 0 aliphatic heterocycles. The minimum Gasteiger partial charge on any atom is -0.465 e. The van der Waals surface area contributed by atoms with Gasteiger partial charge in [-0.3, -0.25) is 4.68 Å². The van der Waals surface area contributed by atoms with Crippen LogP contribution >= 0.6 is 0 Å². The Hall–Kier alpha value is -3.57. The van der Waals surface area contributed by atoms with Crippen molar-refractivity contribution in [3.63, 3.8) is 0 Å². The van der Waals surface area contributed by atoms with Crippen LogP contribution in [-0.4, -0.2) is 44.0 Å². The van der Waals surface area contributed by atoms with Crippen molar-refractivity contribution >= 4 is 34.4 Å². The Morgan fingerprint density at radius 2 is 2.03 bits per heavy atom. The van der Waals surface area contributed by atoms with Gasteiger partial charge in [-0.15, -0.1) is 0 Å². The summed E-state index contributed by atoms with van der Waals surface area (Å²) in [5.41, 5.74) is 0.431. The molecule has 0 atom stereocenters. The molecule has 0 radical (unpaired) electrons. The molecule has 0 saturated carbocycles. The summed E-state index contributed by atoms with van der Waals surface area (Å²) in [6.45, 7) is 0.200. The van der Waals surface area contributed by atoms with Crippen molar-refractivity contribution in [3.8, 4) is 0 Å². The topological polar surface area (TPSA) is 117 Å². The van der Waals surface area contributed by atoms with E-state index in [-0.39, 0.29) is 31.3 Å². The molecular formula is C17H18F3N7O2. The molecule has 2 heterocycles. The lowest BCUT2D eigenvalue weighted by molar-refractivity contribution is -0.137. The Morgan fingerprint density at radius 1 is 1.24 bits per heavy atom. The third-order valence-corrected chi connectivity index (χ3v) is 4.02. The van der Waals surface area contributed by atoms with Crippen LogP contribution in [0.25, 0.3) is 10.9 Å². The van der Waals surface area contributed by atoms with Crippen LogP contribution in [0, 0.1) is 0 Å². The molecular weight excluding hydrogens is 391 g/mol. The molecule has 3 rings (SSSR count). The summed E-state index contributed by atoms with van der Waals surface area (Å²) in [6.07, 6.45) is -3.13. The second kappa shape index (κ2) is 8.20. The summed E-state index contributed by atoms with van der Waals surface area (Å²) >= 11 is 0. The van der Waals surface area contributed by atoms with Gasteiger partial charge in [0, 0.05) is 37.4 Å². The standard InChI is InChI=1S/C17H18F3N7O2/c1-27-13-7-11(4-3-10(13)8-24-27)25-15-23-9-12(17(18,19)20)14(26-15)21-5-2-6-22-16(28)29/h3-4,7-9,22H,2,5-6H2,1H3,(H,28,29)(H2,21,23,25,26). The second-order valence-corrected chi connectivity index (χ2v) is 6.13. The molecule has 0 aliphatic rings. The SMILES string of the molecule is Cn1ncc2ccc(Nc3ncc(C(F)(F)F)c(NCCCNC(=O)O)n3)cc21. The summed E-state index contributed by atoms with van der Waals surface area (Å²) < 4.78 is 41.4. The number of benzene rings is 1.